The third-order valence-electron chi connectivity index (χ3n) is 4.37. The number of aromatic nitrogens is 3. The average molecular weight is 303 g/mol. The zero-order valence-electron chi connectivity index (χ0n) is 13.0. The predicted molar refractivity (Wildman–Crippen MR) is 82.0 cm³/mol. The van der Waals surface area contributed by atoms with Crippen LogP contribution in [0.5, 0.6) is 0 Å². The molecule has 2 heterocycles. The Kier molecular flexibility index (Phi) is 4.00. The summed E-state index contributed by atoms with van der Waals surface area (Å²) in [6.45, 7) is 3.73. The molecule has 1 aliphatic rings. The molecule has 6 heteroatoms. The second-order valence-electron chi connectivity index (χ2n) is 6.00. The van der Waals surface area contributed by atoms with E-state index < -0.39 is 0 Å². The molecule has 1 fully saturated rings. The minimum atomic E-state index is -0.214. The Balaban J connectivity index is 1.80. The summed E-state index contributed by atoms with van der Waals surface area (Å²) in [7, 11) is 0. The van der Waals surface area contributed by atoms with E-state index in [0.29, 0.717) is 5.65 Å². The molecule has 1 N–H and O–H groups in total. The van der Waals surface area contributed by atoms with Crippen LogP contribution < -0.4 is 5.56 Å². The molecular weight excluding hydrogens is 282 g/mol. The van der Waals surface area contributed by atoms with Crippen molar-refractivity contribution < 1.29 is 9.53 Å². The lowest BCUT2D eigenvalue weighted by Gasteiger charge is -2.22. The van der Waals surface area contributed by atoms with E-state index in [2.05, 4.69) is 10.1 Å². The minimum absolute atomic E-state index is 0.0601. The van der Waals surface area contributed by atoms with Gasteiger partial charge in [-0.1, -0.05) is 6.42 Å². The molecule has 0 spiro atoms. The van der Waals surface area contributed by atoms with Crippen molar-refractivity contribution >= 4 is 11.6 Å². The molecule has 2 aromatic heterocycles. The van der Waals surface area contributed by atoms with E-state index in [4.69, 9.17) is 4.74 Å². The maximum absolute atomic E-state index is 12.2. The fourth-order valence-corrected chi connectivity index (χ4v) is 3.17. The summed E-state index contributed by atoms with van der Waals surface area (Å²) in [6.07, 6.45) is 5.68. The van der Waals surface area contributed by atoms with Gasteiger partial charge in [-0.25, -0.2) is 9.50 Å². The molecule has 0 aliphatic heterocycles. The molecule has 3 rings (SSSR count). The average Bonchev–Trinajstić information content (AvgIpc) is 2.85. The molecule has 0 amide bonds. The number of nitrogens with zero attached hydrogens (tertiary/aromatic N) is 2. The summed E-state index contributed by atoms with van der Waals surface area (Å²) in [5, 5.41) is 2.70. The normalized spacial score (nSPS) is 16.1. The van der Waals surface area contributed by atoms with Crippen LogP contribution in [0, 0.1) is 13.8 Å². The van der Waals surface area contributed by atoms with Gasteiger partial charge in [-0.05, 0) is 39.5 Å². The van der Waals surface area contributed by atoms with Crippen molar-refractivity contribution in [1.82, 2.24) is 14.6 Å². The van der Waals surface area contributed by atoms with Crippen LogP contribution in [0.15, 0.2) is 10.9 Å². The first kappa shape index (κ1) is 14.8. The SMILES string of the molecule is Cc1nc2cc(=O)[nH]n2c(C)c1CC(=O)OC1CCCCC1. The van der Waals surface area contributed by atoms with Crippen LogP contribution in [-0.4, -0.2) is 26.7 Å². The van der Waals surface area contributed by atoms with Crippen LogP contribution in [-0.2, 0) is 16.0 Å². The number of nitrogens with one attached hydrogen (secondary N) is 1. The van der Waals surface area contributed by atoms with Crippen molar-refractivity contribution in [1.29, 1.82) is 0 Å². The van der Waals surface area contributed by atoms with Crippen molar-refractivity contribution in [2.75, 3.05) is 0 Å². The lowest BCUT2D eigenvalue weighted by Crippen LogP contribution is -2.23. The first-order chi connectivity index (χ1) is 10.5. The van der Waals surface area contributed by atoms with Crippen LogP contribution in [0.25, 0.3) is 5.65 Å². The maximum Gasteiger partial charge on any atom is 0.310 e. The van der Waals surface area contributed by atoms with Gasteiger partial charge in [0.15, 0.2) is 5.65 Å². The Labute approximate surface area is 128 Å². The lowest BCUT2D eigenvalue weighted by atomic mass is 9.98. The van der Waals surface area contributed by atoms with Gasteiger partial charge in [-0.3, -0.25) is 14.7 Å². The fraction of sp³-hybridized carbons (Fsp3) is 0.562. The number of aryl methyl sites for hydroxylation is 2. The number of hydrogen-bond donors (Lipinski definition) is 1. The summed E-state index contributed by atoms with van der Waals surface area (Å²) in [6, 6.07) is 1.45. The standard InChI is InChI=1S/C16H21N3O3/c1-10-13(8-16(21)22-12-6-4-3-5-7-12)11(2)19-14(17-10)9-15(20)18-19/h9,12H,3-8H2,1-2H3,(H,18,20). The number of rotatable bonds is 3. The Morgan fingerprint density at radius 2 is 2.09 bits per heavy atom. The van der Waals surface area contributed by atoms with Crippen molar-refractivity contribution in [3.8, 4) is 0 Å². The van der Waals surface area contributed by atoms with Gasteiger partial charge in [0.25, 0.3) is 5.56 Å². The topological polar surface area (TPSA) is 76.5 Å². The van der Waals surface area contributed by atoms with Crippen molar-refractivity contribution in [3.05, 3.63) is 33.4 Å². The van der Waals surface area contributed by atoms with E-state index in [1.807, 2.05) is 13.8 Å². The quantitative estimate of drug-likeness (QED) is 0.881. The minimum Gasteiger partial charge on any atom is -0.462 e. The highest BCUT2D eigenvalue weighted by molar-refractivity contribution is 5.73. The molecule has 0 atom stereocenters. The molecule has 0 unspecified atom stereocenters. The van der Waals surface area contributed by atoms with E-state index >= 15 is 0 Å². The summed E-state index contributed by atoms with van der Waals surface area (Å²) >= 11 is 0. The van der Waals surface area contributed by atoms with E-state index in [-0.39, 0.29) is 24.1 Å². The molecule has 22 heavy (non-hydrogen) atoms. The van der Waals surface area contributed by atoms with E-state index in [0.717, 1.165) is 42.6 Å². The third-order valence-corrected chi connectivity index (χ3v) is 4.37. The van der Waals surface area contributed by atoms with Gasteiger partial charge in [-0.2, -0.15) is 0 Å². The van der Waals surface area contributed by atoms with Gasteiger partial charge in [0.05, 0.1) is 6.42 Å². The summed E-state index contributed by atoms with van der Waals surface area (Å²) < 4.78 is 7.20. The van der Waals surface area contributed by atoms with E-state index in [9.17, 15) is 9.59 Å². The number of H-pyrrole nitrogens is 1. The summed E-state index contributed by atoms with van der Waals surface area (Å²) in [5.74, 6) is -0.214. The van der Waals surface area contributed by atoms with Gasteiger partial charge in [0, 0.05) is 23.0 Å². The molecule has 2 aromatic rings. The van der Waals surface area contributed by atoms with Gasteiger partial charge >= 0.3 is 5.97 Å². The first-order valence-corrected chi connectivity index (χ1v) is 7.82. The summed E-state index contributed by atoms with van der Waals surface area (Å²) in [5.41, 5.74) is 2.78. The zero-order valence-corrected chi connectivity index (χ0v) is 13.0. The molecule has 6 nitrogen and oxygen atoms in total. The highest BCUT2D eigenvalue weighted by Gasteiger charge is 2.20. The Bertz CT molecular complexity index is 754. The number of hydrogen-bond acceptors (Lipinski definition) is 4. The highest BCUT2D eigenvalue weighted by Crippen LogP contribution is 2.21. The lowest BCUT2D eigenvalue weighted by molar-refractivity contribution is -0.149. The number of carbonyl (C=O) groups is 1. The second kappa shape index (κ2) is 5.94. The molecule has 0 aromatic carbocycles. The van der Waals surface area contributed by atoms with Crippen LogP contribution in [0.1, 0.15) is 49.1 Å². The van der Waals surface area contributed by atoms with Crippen molar-refractivity contribution in [2.24, 2.45) is 0 Å². The monoisotopic (exact) mass is 303 g/mol. The van der Waals surface area contributed by atoms with Crippen LogP contribution >= 0.6 is 0 Å². The predicted octanol–water partition coefficient (Wildman–Crippen LogP) is 2.06. The third kappa shape index (κ3) is 2.91. The number of ether oxygens (including phenoxy) is 1. The van der Waals surface area contributed by atoms with E-state index in [1.54, 1.807) is 4.52 Å². The highest BCUT2D eigenvalue weighted by atomic mass is 16.5. The molecule has 1 aliphatic carbocycles. The Morgan fingerprint density at radius 3 is 2.82 bits per heavy atom. The van der Waals surface area contributed by atoms with Gasteiger partial charge < -0.3 is 4.74 Å². The smallest absolute Gasteiger partial charge is 0.310 e. The number of carbonyl (C=O) groups excluding carboxylic acids is 1. The molecule has 0 saturated heterocycles. The molecule has 0 radical (unpaired) electrons. The van der Waals surface area contributed by atoms with Crippen LogP contribution in [0.2, 0.25) is 0 Å². The summed E-state index contributed by atoms with van der Waals surface area (Å²) in [4.78, 5) is 28.0. The number of fused-ring (bicyclic) bond motifs is 1. The van der Waals surface area contributed by atoms with E-state index in [1.165, 1.54) is 12.5 Å². The maximum atomic E-state index is 12.2. The second-order valence-corrected chi connectivity index (χ2v) is 6.00. The van der Waals surface area contributed by atoms with Gasteiger partial charge in [0.1, 0.15) is 6.10 Å². The molecule has 1 saturated carbocycles. The zero-order chi connectivity index (χ0) is 15.7. The largest absolute Gasteiger partial charge is 0.462 e. The van der Waals surface area contributed by atoms with Gasteiger partial charge in [-0.15, -0.1) is 0 Å². The Morgan fingerprint density at radius 1 is 1.36 bits per heavy atom. The van der Waals surface area contributed by atoms with Gasteiger partial charge in [0.2, 0.25) is 0 Å². The number of aromatic amines is 1. The first-order valence-electron chi connectivity index (χ1n) is 7.82. The molecular formula is C16H21N3O3. The fourth-order valence-electron chi connectivity index (χ4n) is 3.17. The molecule has 118 valence electrons. The van der Waals surface area contributed by atoms with Crippen molar-refractivity contribution in [2.45, 2.75) is 58.5 Å². The number of esters is 1. The molecule has 0 bridgehead atoms. The van der Waals surface area contributed by atoms with Crippen molar-refractivity contribution in [3.63, 3.8) is 0 Å². The Hall–Kier alpha value is -2.11. The van der Waals surface area contributed by atoms with Crippen LogP contribution in [0.4, 0.5) is 0 Å². The van der Waals surface area contributed by atoms with Crippen LogP contribution in [0.3, 0.4) is 0 Å².